The van der Waals surface area contributed by atoms with Crippen molar-refractivity contribution < 1.29 is 12.8 Å². The van der Waals surface area contributed by atoms with Crippen LogP contribution in [0.25, 0.3) is 0 Å². The fraction of sp³-hybridized carbons (Fsp3) is 0.400. The van der Waals surface area contributed by atoms with Crippen LogP contribution in [0.5, 0.6) is 0 Å². The fourth-order valence-corrected chi connectivity index (χ4v) is 1.45. The summed E-state index contributed by atoms with van der Waals surface area (Å²) < 4.78 is 26.9. The van der Waals surface area contributed by atoms with Gasteiger partial charge in [-0.3, -0.25) is 5.32 Å². The average Bonchev–Trinajstić information content (AvgIpc) is 2.63. The van der Waals surface area contributed by atoms with Gasteiger partial charge in [0.05, 0.1) is 12.1 Å². The smallest absolute Gasteiger partial charge is 0.271 e. The number of rotatable bonds is 4. The molecule has 0 aliphatic heterocycles. The minimum Gasteiger partial charge on any atom is -0.447 e. The number of hydrogen-bond acceptors (Lipinski definition) is 4. The SMILES string of the molecule is C#CC(C)(C)NCc1ccc(S(N)(=O)=O)o1. The Morgan fingerprint density at radius 1 is 1.56 bits per heavy atom. The van der Waals surface area contributed by atoms with Crippen LogP contribution in [0.2, 0.25) is 0 Å². The minimum absolute atomic E-state index is 0.247. The van der Waals surface area contributed by atoms with Crippen LogP contribution in [-0.2, 0) is 16.6 Å². The van der Waals surface area contributed by atoms with Crippen molar-refractivity contribution >= 4 is 10.0 Å². The summed E-state index contributed by atoms with van der Waals surface area (Å²) in [5, 5.41) is 7.68. The van der Waals surface area contributed by atoms with Crippen LogP contribution in [0.15, 0.2) is 21.6 Å². The lowest BCUT2D eigenvalue weighted by atomic mass is 10.1. The van der Waals surface area contributed by atoms with E-state index in [1.54, 1.807) is 6.07 Å². The number of nitrogens with one attached hydrogen (secondary N) is 1. The summed E-state index contributed by atoms with van der Waals surface area (Å²) in [6.07, 6.45) is 5.29. The molecule has 1 aromatic rings. The number of nitrogens with two attached hydrogens (primary N) is 1. The first-order chi connectivity index (χ1) is 7.24. The van der Waals surface area contributed by atoms with Crippen molar-refractivity contribution in [1.29, 1.82) is 0 Å². The largest absolute Gasteiger partial charge is 0.447 e. The normalized spacial score (nSPS) is 12.4. The molecule has 0 aromatic carbocycles. The number of sulfonamides is 1. The number of furan rings is 1. The maximum atomic E-state index is 10.9. The van der Waals surface area contributed by atoms with Crippen LogP contribution in [0.3, 0.4) is 0 Å². The van der Waals surface area contributed by atoms with E-state index in [2.05, 4.69) is 11.2 Å². The fourth-order valence-electron chi connectivity index (χ4n) is 0.965. The van der Waals surface area contributed by atoms with Gasteiger partial charge in [0, 0.05) is 0 Å². The molecule has 0 aliphatic rings. The zero-order chi connectivity index (χ0) is 12.4. The molecule has 1 aromatic heterocycles. The molecule has 0 saturated carbocycles. The molecule has 0 saturated heterocycles. The molecule has 0 fully saturated rings. The van der Waals surface area contributed by atoms with Crippen molar-refractivity contribution in [3.8, 4) is 12.3 Å². The standard InChI is InChI=1S/C10H14N2O3S/c1-4-10(2,3)12-7-8-5-6-9(15-8)16(11,13)14/h1,5-6,12H,7H2,2-3H3,(H2,11,13,14). The Labute approximate surface area is 95.1 Å². The molecule has 1 rings (SSSR count). The summed E-state index contributed by atoms with van der Waals surface area (Å²) in [6.45, 7) is 4.00. The van der Waals surface area contributed by atoms with Gasteiger partial charge in [-0.25, -0.2) is 13.6 Å². The monoisotopic (exact) mass is 242 g/mol. The predicted octanol–water partition coefficient (Wildman–Crippen LogP) is 0.428. The van der Waals surface area contributed by atoms with E-state index in [1.807, 2.05) is 13.8 Å². The topological polar surface area (TPSA) is 85.3 Å². The third-order valence-electron chi connectivity index (χ3n) is 1.98. The molecular formula is C10H14N2O3S. The third kappa shape index (κ3) is 3.38. The number of hydrogen-bond donors (Lipinski definition) is 2. The van der Waals surface area contributed by atoms with Crippen LogP contribution in [0, 0.1) is 12.3 Å². The van der Waals surface area contributed by atoms with E-state index >= 15 is 0 Å². The molecule has 0 unspecified atom stereocenters. The Hall–Kier alpha value is -1.29. The molecule has 0 aliphatic carbocycles. The summed E-state index contributed by atoms with van der Waals surface area (Å²) in [7, 11) is -3.78. The second-order valence-corrected chi connectivity index (χ2v) is 5.38. The van der Waals surface area contributed by atoms with Gasteiger partial charge in [-0.15, -0.1) is 6.42 Å². The molecule has 88 valence electrons. The lowest BCUT2D eigenvalue weighted by molar-refractivity contribution is 0.380. The van der Waals surface area contributed by atoms with Crippen molar-refractivity contribution in [3.63, 3.8) is 0 Å². The van der Waals surface area contributed by atoms with E-state index in [4.69, 9.17) is 16.0 Å². The first-order valence-corrected chi connectivity index (χ1v) is 6.13. The molecular weight excluding hydrogens is 228 g/mol. The first kappa shape index (κ1) is 12.8. The summed E-state index contributed by atoms with van der Waals surface area (Å²) in [4.78, 5) is 0. The van der Waals surface area contributed by atoms with E-state index in [1.165, 1.54) is 6.07 Å². The molecule has 5 nitrogen and oxygen atoms in total. The van der Waals surface area contributed by atoms with Crippen molar-refractivity contribution in [2.24, 2.45) is 5.14 Å². The van der Waals surface area contributed by atoms with Gasteiger partial charge in [-0.05, 0) is 26.0 Å². The van der Waals surface area contributed by atoms with Gasteiger partial charge in [-0.2, -0.15) is 0 Å². The Morgan fingerprint density at radius 3 is 2.62 bits per heavy atom. The van der Waals surface area contributed by atoms with Crippen molar-refractivity contribution in [1.82, 2.24) is 5.32 Å². The zero-order valence-electron chi connectivity index (χ0n) is 9.15. The van der Waals surface area contributed by atoms with Crippen molar-refractivity contribution in [2.75, 3.05) is 0 Å². The highest BCUT2D eigenvalue weighted by Crippen LogP contribution is 2.12. The molecule has 16 heavy (non-hydrogen) atoms. The van der Waals surface area contributed by atoms with E-state index < -0.39 is 15.6 Å². The third-order valence-corrected chi connectivity index (χ3v) is 2.76. The van der Waals surface area contributed by atoms with E-state index in [-0.39, 0.29) is 5.09 Å². The van der Waals surface area contributed by atoms with Crippen molar-refractivity contribution in [3.05, 3.63) is 17.9 Å². The van der Waals surface area contributed by atoms with Gasteiger partial charge in [-0.1, -0.05) is 5.92 Å². The maximum Gasteiger partial charge on any atom is 0.271 e. The highest BCUT2D eigenvalue weighted by Gasteiger charge is 2.16. The van der Waals surface area contributed by atoms with E-state index in [0.717, 1.165) is 0 Å². The second-order valence-electron chi connectivity index (χ2n) is 3.89. The Kier molecular flexibility index (Phi) is 3.43. The highest BCUT2D eigenvalue weighted by atomic mass is 32.2. The average molecular weight is 242 g/mol. The van der Waals surface area contributed by atoms with E-state index in [0.29, 0.717) is 12.3 Å². The van der Waals surface area contributed by atoms with Gasteiger partial charge < -0.3 is 4.42 Å². The lowest BCUT2D eigenvalue weighted by Crippen LogP contribution is -2.36. The van der Waals surface area contributed by atoms with Crippen LogP contribution >= 0.6 is 0 Å². The molecule has 3 N–H and O–H groups in total. The minimum atomic E-state index is -3.78. The molecule has 0 radical (unpaired) electrons. The summed E-state index contributed by atoms with van der Waals surface area (Å²) in [6, 6.07) is 2.86. The Balaban J connectivity index is 2.72. The molecule has 0 amide bonds. The van der Waals surface area contributed by atoms with E-state index in [9.17, 15) is 8.42 Å². The van der Waals surface area contributed by atoms with Gasteiger partial charge in [0.2, 0.25) is 5.09 Å². The molecule has 0 atom stereocenters. The summed E-state index contributed by atoms with van der Waals surface area (Å²) >= 11 is 0. The van der Waals surface area contributed by atoms with Crippen LogP contribution < -0.4 is 10.5 Å². The van der Waals surface area contributed by atoms with Crippen LogP contribution in [-0.4, -0.2) is 14.0 Å². The van der Waals surface area contributed by atoms with Crippen LogP contribution in [0.4, 0.5) is 0 Å². The summed E-state index contributed by atoms with van der Waals surface area (Å²) in [5.74, 6) is 3.02. The molecule has 6 heteroatoms. The molecule has 0 bridgehead atoms. The van der Waals surface area contributed by atoms with Gasteiger partial charge in [0.15, 0.2) is 0 Å². The second kappa shape index (κ2) is 4.29. The quantitative estimate of drug-likeness (QED) is 0.750. The molecule has 1 heterocycles. The van der Waals surface area contributed by atoms with Gasteiger partial charge in [0.1, 0.15) is 5.76 Å². The number of terminal acetylenes is 1. The number of primary sulfonamides is 1. The Morgan fingerprint density at radius 2 is 2.19 bits per heavy atom. The van der Waals surface area contributed by atoms with Gasteiger partial charge >= 0.3 is 0 Å². The highest BCUT2D eigenvalue weighted by molar-refractivity contribution is 7.89. The van der Waals surface area contributed by atoms with Gasteiger partial charge in [0.25, 0.3) is 10.0 Å². The predicted molar refractivity (Wildman–Crippen MR) is 59.8 cm³/mol. The molecule has 0 spiro atoms. The van der Waals surface area contributed by atoms with Crippen molar-refractivity contribution in [2.45, 2.75) is 31.0 Å². The first-order valence-electron chi connectivity index (χ1n) is 4.59. The van der Waals surface area contributed by atoms with Crippen LogP contribution in [0.1, 0.15) is 19.6 Å². The zero-order valence-corrected chi connectivity index (χ0v) is 9.97. The maximum absolute atomic E-state index is 10.9. The Bertz CT molecular complexity index is 508. The lowest BCUT2D eigenvalue weighted by Gasteiger charge is -2.18. The summed E-state index contributed by atoms with van der Waals surface area (Å²) in [5.41, 5.74) is -0.478.